The van der Waals surface area contributed by atoms with E-state index < -0.39 is 0 Å². The first-order valence-corrected chi connectivity index (χ1v) is 15.0. The van der Waals surface area contributed by atoms with Gasteiger partial charge in [-0.2, -0.15) is 13.0 Å². The number of hydrogen-bond acceptors (Lipinski definition) is 6. The van der Waals surface area contributed by atoms with Crippen LogP contribution in [0.4, 0.5) is 0 Å². The first kappa shape index (κ1) is 56.4. The van der Waals surface area contributed by atoms with Gasteiger partial charge in [0.05, 0.1) is 0 Å². The summed E-state index contributed by atoms with van der Waals surface area (Å²) in [6.07, 6.45) is 13.8. The van der Waals surface area contributed by atoms with Crippen LogP contribution in [0, 0.1) is 41.8 Å². The molecule has 0 N–H and O–H groups in total. The van der Waals surface area contributed by atoms with Crippen molar-refractivity contribution in [3.8, 4) is 0 Å². The van der Waals surface area contributed by atoms with Gasteiger partial charge in [-0.1, -0.05) is 25.8 Å². The fourth-order valence-electron chi connectivity index (χ4n) is 3.54. The van der Waals surface area contributed by atoms with E-state index in [0.717, 1.165) is 32.6 Å². The van der Waals surface area contributed by atoms with Crippen LogP contribution in [0.5, 0.6) is 0 Å². The van der Waals surface area contributed by atoms with Gasteiger partial charge in [0.2, 0.25) is 0 Å². The molecule has 0 aliphatic carbocycles. The van der Waals surface area contributed by atoms with Crippen LogP contribution >= 0.6 is 0 Å². The van der Waals surface area contributed by atoms with E-state index in [4.69, 9.17) is 0 Å². The van der Waals surface area contributed by atoms with Crippen LogP contribution in [0.1, 0.15) is 64.2 Å². The van der Waals surface area contributed by atoms with Crippen molar-refractivity contribution in [2.24, 2.45) is 0 Å². The van der Waals surface area contributed by atoms with Crippen LogP contribution in [0.2, 0.25) is 0 Å². The zero-order chi connectivity index (χ0) is 29.6. The van der Waals surface area contributed by atoms with Crippen molar-refractivity contribution in [1.82, 2.24) is 29.4 Å². The Bertz CT molecular complexity index is 410. The Morgan fingerprint density at radius 1 is 0.463 bits per heavy atom. The molecule has 3 saturated heterocycles. The molecule has 3 aliphatic heterocycles. The van der Waals surface area contributed by atoms with E-state index in [2.05, 4.69) is 77.6 Å². The summed E-state index contributed by atoms with van der Waals surface area (Å²) >= 11 is 0. The number of hydrogen-bond donors (Lipinski definition) is 0. The van der Waals surface area contributed by atoms with Gasteiger partial charge in [0.25, 0.3) is 0 Å². The second-order valence-electron chi connectivity index (χ2n) is 10.9. The monoisotopic (exact) mass is 805 g/mol. The first-order valence-electron chi connectivity index (χ1n) is 15.0. The van der Waals surface area contributed by atoms with Crippen LogP contribution in [-0.4, -0.2) is 137 Å². The zero-order valence-corrected chi connectivity index (χ0v) is 37.3. The second kappa shape index (κ2) is 45.2. The molecule has 41 heavy (non-hydrogen) atoms. The van der Waals surface area contributed by atoms with Gasteiger partial charge in [-0.15, -0.1) is 13.1 Å². The van der Waals surface area contributed by atoms with Crippen molar-refractivity contribution in [2.45, 2.75) is 64.2 Å². The number of nitrogens with zero attached hydrogens (tertiary/aromatic N) is 6. The summed E-state index contributed by atoms with van der Waals surface area (Å²) in [5.74, 6) is 0. The van der Waals surface area contributed by atoms with E-state index in [9.17, 15) is 0 Å². The normalized spacial score (nSPS) is 17.0. The molecule has 243 valence electrons. The third-order valence-electron chi connectivity index (χ3n) is 6.42. The van der Waals surface area contributed by atoms with Gasteiger partial charge >= 0.3 is 0 Å². The number of rotatable bonds is 5. The Hall–Kier alpha value is 3.07. The van der Waals surface area contributed by atoms with Gasteiger partial charge in [-0.25, -0.2) is 0 Å². The van der Waals surface area contributed by atoms with Crippen LogP contribution in [0.3, 0.4) is 0 Å². The minimum Gasteiger partial charge on any atom is -0.487 e. The molecule has 3 aliphatic rings. The Labute approximate surface area is 337 Å². The Morgan fingerprint density at radius 2 is 0.707 bits per heavy atom. The Morgan fingerprint density at radius 3 is 0.829 bits per heavy atom. The smallest absolute Gasteiger partial charge is 0 e. The fourth-order valence-corrected chi connectivity index (χ4v) is 3.54. The van der Waals surface area contributed by atoms with Gasteiger partial charge < -0.3 is 57.1 Å². The molecule has 0 aromatic rings. The molecular formula is C32H70N6Y3-6. The quantitative estimate of drug-likeness (QED) is 0.347. The summed E-state index contributed by atoms with van der Waals surface area (Å²) in [7, 11) is 19.5. The SMILES string of the molecule is CN1CCCC1.CN1CCCCC1.CN1CCCCCC1.[CH2-]CCN([CH2-])C.[CH2-]CN(C)C[CH2-].[CH2-]CN([CH2-])C.[Y].[Y].[Y]. The van der Waals surface area contributed by atoms with Gasteiger partial charge in [0.1, 0.15) is 0 Å². The van der Waals surface area contributed by atoms with Crippen LogP contribution in [0.25, 0.3) is 0 Å². The van der Waals surface area contributed by atoms with E-state index in [0.29, 0.717) is 0 Å². The van der Waals surface area contributed by atoms with Crippen molar-refractivity contribution >= 4 is 0 Å². The molecule has 0 unspecified atom stereocenters. The molecule has 0 amide bonds. The summed E-state index contributed by atoms with van der Waals surface area (Å²) in [6, 6.07) is 0. The van der Waals surface area contributed by atoms with Gasteiger partial charge in [0.15, 0.2) is 0 Å². The van der Waals surface area contributed by atoms with Crippen molar-refractivity contribution in [2.75, 3.05) is 108 Å². The zero-order valence-electron chi connectivity index (χ0n) is 28.8. The van der Waals surface area contributed by atoms with Gasteiger partial charge in [-0.3, -0.25) is 14.1 Å². The van der Waals surface area contributed by atoms with E-state index in [-0.39, 0.29) is 98.1 Å². The third kappa shape index (κ3) is 55.8. The molecule has 3 rings (SSSR count). The first-order chi connectivity index (χ1) is 18.0. The van der Waals surface area contributed by atoms with Crippen molar-refractivity contribution in [3.05, 3.63) is 41.8 Å². The van der Waals surface area contributed by atoms with E-state index >= 15 is 0 Å². The maximum atomic E-state index is 3.64. The van der Waals surface area contributed by atoms with Crippen molar-refractivity contribution < 1.29 is 98.1 Å². The maximum absolute atomic E-state index is 3.64. The standard InChI is InChI=1S/C7H15N.C6H13N.3C5H11N.C4H9N.3Y/c1-8-6-4-2-3-5-7-8;1-7-5-3-2-4-6-7;1-6-4-2-3-5-6;1-4-5-6(2)3;1-4-6(3)5-2;1-4-5(2)3;;;/h2-7H2,1H3;2-6H2,1H3;2-5H2,1H3;2*1-2,4-5H2,3H3;1-2,4H2,3H3;;;/q;;;3*-2;;;. The van der Waals surface area contributed by atoms with Gasteiger partial charge in [0, 0.05) is 98.1 Å². The number of likely N-dealkylation sites (tertiary alicyclic amines) is 3. The molecule has 0 spiro atoms. The summed E-state index contributed by atoms with van der Waals surface area (Å²) in [6.45, 7) is 25.9. The predicted octanol–water partition coefficient (Wildman–Crippen LogP) is 5.36. The summed E-state index contributed by atoms with van der Waals surface area (Å²) in [5.41, 5.74) is 0. The predicted molar refractivity (Wildman–Crippen MR) is 174 cm³/mol. The Balaban J connectivity index is -0.0000000889. The molecule has 9 heteroatoms. The van der Waals surface area contributed by atoms with Crippen molar-refractivity contribution in [3.63, 3.8) is 0 Å². The third-order valence-corrected chi connectivity index (χ3v) is 6.42. The minimum absolute atomic E-state index is 0. The minimum atomic E-state index is 0. The molecule has 6 nitrogen and oxygen atoms in total. The topological polar surface area (TPSA) is 19.4 Å². The van der Waals surface area contributed by atoms with E-state index in [1.807, 2.05) is 30.9 Å². The summed E-state index contributed by atoms with van der Waals surface area (Å²) in [4.78, 5) is 12.8. The maximum Gasteiger partial charge on any atom is 0 e. The van der Waals surface area contributed by atoms with E-state index in [1.165, 1.54) is 97.1 Å². The van der Waals surface area contributed by atoms with Crippen LogP contribution in [0.15, 0.2) is 0 Å². The molecular weight excluding hydrogens is 735 g/mol. The molecule has 0 aromatic carbocycles. The molecule has 3 heterocycles. The number of piperidine rings is 1. The summed E-state index contributed by atoms with van der Waals surface area (Å²) < 4.78 is 0. The fraction of sp³-hybridized carbons (Fsp3) is 0.812. The molecule has 0 bridgehead atoms. The Kier molecular flexibility index (Phi) is 62.2. The average Bonchev–Trinajstić information content (AvgIpc) is 3.25. The largest absolute Gasteiger partial charge is 0.487 e. The molecule has 0 atom stereocenters. The molecule has 0 saturated carbocycles. The second-order valence-corrected chi connectivity index (χ2v) is 10.9. The molecule has 3 fully saturated rings. The molecule has 3 radical (unpaired) electrons. The van der Waals surface area contributed by atoms with Gasteiger partial charge in [-0.05, 0) is 120 Å². The summed E-state index contributed by atoms with van der Waals surface area (Å²) in [5, 5.41) is 0. The van der Waals surface area contributed by atoms with Crippen LogP contribution in [-0.2, 0) is 98.1 Å². The molecule has 0 aromatic heterocycles. The van der Waals surface area contributed by atoms with Crippen molar-refractivity contribution in [1.29, 1.82) is 0 Å². The average molecular weight is 806 g/mol. The van der Waals surface area contributed by atoms with E-state index in [1.54, 1.807) is 4.90 Å². The van der Waals surface area contributed by atoms with Crippen LogP contribution < -0.4 is 0 Å².